The molecule has 0 saturated carbocycles. The van der Waals surface area contributed by atoms with Gasteiger partial charge in [0.25, 0.3) is 0 Å². The van der Waals surface area contributed by atoms with Crippen LogP contribution >= 0.6 is 0 Å². The van der Waals surface area contributed by atoms with E-state index in [0.29, 0.717) is 5.56 Å². The quantitative estimate of drug-likeness (QED) is 0.850. The molecule has 1 aromatic carbocycles. The van der Waals surface area contributed by atoms with E-state index in [9.17, 15) is 9.59 Å². The highest BCUT2D eigenvalue weighted by molar-refractivity contribution is 5.68. The van der Waals surface area contributed by atoms with Gasteiger partial charge in [0.05, 0.1) is 0 Å². The van der Waals surface area contributed by atoms with Crippen LogP contribution in [0.15, 0.2) is 30.3 Å². The molecule has 0 radical (unpaired) electrons. The minimum atomic E-state index is -3.94. The summed E-state index contributed by atoms with van der Waals surface area (Å²) < 4.78 is 72.0. The molecule has 0 aliphatic rings. The van der Waals surface area contributed by atoms with Crippen LogP contribution in [0.25, 0.3) is 0 Å². The number of amides is 1. The topological polar surface area (TPSA) is 66.8 Å². The van der Waals surface area contributed by atoms with E-state index in [0.717, 1.165) is 0 Å². The van der Waals surface area contributed by atoms with E-state index in [4.69, 9.17) is 22.2 Å². The van der Waals surface area contributed by atoms with Crippen LogP contribution in [-0.4, -0.2) is 35.5 Å². The summed E-state index contributed by atoms with van der Waals surface area (Å²) in [7, 11) is 0. The predicted molar refractivity (Wildman–Crippen MR) is 66.1 cm³/mol. The lowest BCUT2D eigenvalue weighted by Gasteiger charge is -2.16. The summed E-state index contributed by atoms with van der Waals surface area (Å²) in [6, 6.07) is 7.93. The van der Waals surface area contributed by atoms with E-state index in [1.807, 2.05) is 0 Å². The Morgan fingerprint density at radius 1 is 1.44 bits per heavy atom. The molecule has 0 spiro atoms. The molecular weight excluding hydrogens is 234 g/mol. The van der Waals surface area contributed by atoms with Crippen molar-refractivity contribution >= 4 is 12.1 Å². The second-order valence-corrected chi connectivity index (χ2v) is 3.04. The smallest absolute Gasteiger partial charge is 0.409 e. The molecule has 0 bridgehead atoms. The molecular formula is C13H17NO4. The highest BCUT2D eigenvalue weighted by Crippen LogP contribution is 2.03. The van der Waals surface area contributed by atoms with Crippen LogP contribution in [0.3, 0.4) is 0 Å². The van der Waals surface area contributed by atoms with E-state index in [1.165, 1.54) is 12.1 Å². The minimum Gasteiger partial charge on any atom is -0.481 e. The van der Waals surface area contributed by atoms with Crippen molar-refractivity contribution < 1.29 is 31.8 Å². The van der Waals surface area contributed by atoms with E-state index in [2.05, 4.69) is 0 Å². The van der Waals surface area contributed by atoms with E-state index >= 15 is 0 Å². The monoisotopic (exact) mass is 260 g/mol. The summed E-state index contributed by atoms with van der Waals surface area (Å²) in [4.78, 5) is 22.6. The Labute approximate surface area is 119 Å². The van der Waals surface area contributed by atoms with Crippen molar-refractivity contribution in [3.05, 3.63) is 35.9 Å². The van der Waals surface area contributed by atoms with Crippen LogP contribution in [0.5, 0.6) is 0 Å². The highest BCUT2D eigenvalue weighted by atomic mass is 16.6. The summed E-state index contributed by atoms with van der Waals surface area (Å²) in [6.07, 6.45) is -9.58. The van der Waals surface area contributed by atoms with Gasteiger partial charge in [0, 0.05) is 32.2 Å². The largest absolute Gasteiger partial charge is 0.481 e. The fourth-order valence-corrected chi connectivity index (χ4v) is 0.967. The Bertz CT molecular complexity index is 691. The van der Waals surface area contributed by atoms with E-state index in [-0.39, 0.29) is 0 Å². The molecule has 0 heterocycles. The molecule has 5 heteroatoms. The van der Waals surface area contributed by atoms with Gasteiger partial charge >= 0.3 is 12.1 Å². The average molecular weight is 260 g/mol. The zero-order valence-electron chi connectivity index (χ0n) is 18.2. The maximum absolute atomic E-state index is 12.2. The van der Waals surface area contributed by atoms with Gasteiger partial charge in [0.1, 0.15) is 6.61 Å². The summed E-state index contributed by atoms with van der Waals surface area (Å²) >= 11 is 0. The molecule has 0 atom stereocenters. The van der Waals surface area contributed by atoms with Gasteiger partial charge in [-0.1, -0.05) is 30.3 Å². The maximum Gasteiger partial charge on any atom is 0.409 e. The Hall–Kier alpha value is -2.04. The lowest BCUT2D eigenvalue weighted by molar-refractivity contribution is -0.137. The molecule has 0 fully saturated rings. The normalized spacial score (nSPS) is 20.3. The first-order valence-electron chi connectivity index (χ1n) is 9.31. The fourth-order valence-electron chi connectivity index (χ4n) is 0.967. The maximum atomic E-state index is 12.2. The zero-order valence-corrected chi connectivity index (χ0v) is 9.21. The number of nitrogens with zero attached hydrogens (tertiary/aromatic N) is 1. The summed E-state index contributed by atoms with van der Waals surface area (Å²) in [5.74, 6) is -2.36. The molecule has 1 amide bonds. The Morgan fingerprint density at radius 3 is 2.78 bits per heavy atom. The summed E-state index contributed by atoms with van der Waals surface area (Å²) in [5, 5.41) is 8.86. The standard InChI is InChI=1S/C13H17NO4/c1-14(9-5-8-12(15)16)13(17)18-10-11-6-3-2-4-7-11/h2-4,6-7H,5,8-10H2,1H3,(H,15,16)/i1D3,5D2,8D2,9D2. The summed E-state index contributed by atoms with van der Waals surface area (Å²) in [5.41, 5.74) is 0.431. The lowest BCUT2D eigenvalue weighted by Crippen LogP contribution is -2.28. The van der Waals surface area contributed by atoms with Crippen molar-refractivity contribution in [2.45, 2.75) is 19.4 Å². The number of carboxylic acids is 1. The second-order valence-electron chi connectivity index (χ2n) is 3.04. The van der Waals surface area contributed by atoms with Crippen molar-refractivity contribution in [2.75, 3.05) is 13.5 Å². The van der Waals surface area contributed by atoms with Gasteiger partial charge in [0.15, 0.2) is 0 Å². The third-order valence-corrected chi connectivity index (χ3v) is 1.72. The third-order valence-electron chi connectivity index (χ3n) is 1.72. The van der Waals surface area contributed by atoms with E-state index in [1.54, 1.807) is 18.2 Å². The molecule has 1 aromatic rings. The number of carboxylic acid groups (broad SMARTS) is 1. The number of hydrogen-bond acceptors (Lipinski definition) is 3. The van der Waals surface area contributed by atoms with Gasteiger partial charge in [0.2, 0.25) is 0 Å². The van der Waals surface area contributed by atoms with Gasteiger partial charge < -0.3 is 14.7 Å². The number of benzene rings is 1. The van der Waals surface area contributed by atoms with Crippen molar-refractivity contribution in [3.63, 3.8) is 0 Å². The first-order chi connectivity index (χ1) is 12.1. The summed E-state index contributed by atoms with van der Waals surface area (Å²) in [6.45, 7) is -7.94. The first-order valence-corrected chi connectivity index (χ1v) is 4.81. The van der Waals surface area contributed by atoms with Gasteiger partial charge in [-0.3, -0.25) is 4.79 Å². The van der Waals surface area contributed by atoms with Crippen LogP contribution in [0.4, 0.5) is 4.79 Å². The lowest BCUT2D eigenvalue weighted by atomic mass is 10.2. The van der Waals surface area contributed by atoms with Crippen LogP contribution < -0.4 is 0 Å². The Morgan fingerprint density at radius 2 is 2.17 bits per heavy atom. The number of carbonyl (C=O) groups is 2. The van der Waals surface area contributed by atoms with Gasteiger partial charge in [-0.25, -0.2) is 4.79 Å². The molecule has 1 N–H and O–H groups in total. The van der Waals surface area contributed by atoms with Crippen molar-refractivity contribution in [1.29, 1.82) is 0 Å². The highest BCUT2D eigenvalue weighted by Gasteiger charge is 2.10. The minimum absolute atomic E-state index is 0.431. The van der Waals surface area contributed by atoms with Crippen LogP contribution in [-0.2, 0) is 16.1 Å². The van der Waals surface area contributed by atoms with Gasteiger partial charge in [-0.15, -0.1) is 0 Å². The fraction of sp³-hybridized carbons (Fsp3) is 0.385. The molecule has 0 aliphatic carbocycles. The number of carbonyl (C=O) groups excluding carboxylic acids is 1. The first kappa shape index (κ1) is 5.73. The number of ether oxygens (including phenoxy) is 1. The molecule has 0 unspecified atom stereocenters. The Kier molecular flexibility index (Phi) is 2.33. The second kappa shape index (κ2) is 7.32. The van der Waals surface area contributed by atoms with Crippen LogP contribution in [0.2, 0.25) is 0 Å². The zero-order chi connectivity index (χ0) is 21.3. The van der Waals surface area contributed by atoms with Crippen LogP contribution in [0, 0.1) is 0 Å². The van der Waals surface area contributed by atoms with E-state index < -0.39 is 49.8 Å². The van der Waals surface area contributed by atoms with Crippen molar-refractivity contribution in [2.24, 2.45) is 0 Å². The number of aliphatic carboxylic acids is 1. The van der Waals surface area contributed by atoms with Crippen molar-refractivity contribution in [3.8, 4) is 0 Å². The third kappa shape index (κ3) is 5.34. The molecule has 0 aliphatic heterocycles. The van der Waals surface area contributed by atoms with Crippen molar-refractivity contribution in [1.82, 2.24) is 4.90 Å². The van der Waals surface area contributed by atoms with Crippen LogP contribution in [0.1, 0.15) is 30.6 Å². The molecule has 18 heavy (non-hydrogen) atoms. The number of rotatable bonds is 6. The SMILES string of the molecule is [2H]C([2H])([2H])N(C(=O)OCc1ccccc1)C([2H])([2H])C([2H])([2H])C([2H])([2H])C(=O)O. The molecule has 98 valence electrons. The Balaban J connectivity index is 3.25. The molecule has 1 rings (SSSR count). The van der Waals surface area contributed by atoms with Gasteiger partial charge in [-0.2, -0.15) is 0 Å². The predicted octanol–water partition coefficient (Wildman–Crippen LogP) is 2.12. The average Bonchev–Trinajstić information content (AvgIpc) is 2.51. The molecule has 0 saturated heterocycles. The number of hydrogen-bond donors (Lipinski definition) is 1. The molecule has 5 nitrogen and oxygen atoms in total. The molecule has 0 aromatic heterocycles. The van der Waals surface area contributed by atoms with Gasteiger partial charge in [-0.05, 0) is 11.9 Å².